The molecule has 2 atom stereocenters. The minimum atomic E-state index is -0.752. The largest absolute Gasteiger partial charge is 0.481 e. The second kappa shape index (κ2) is 6.10. The molecule has 1 saturated heterocycles. The first kappa shape index (κ1) is 14.4. The molecule has 112 valence electrons. The van der Waals surface area contributed by atoms with Crippen LogP contribution in [0.25, 0.3) is 0 Å². The van der Waals surface area contributed by atoms with Crippen molar-refractivity contribution in [2.45, 2.75) is 17.7 Å². The van der Waals surface area contributed by atoms with Crippen LogP contribution in [0.3, 0.4) is 0 Å². The standard InChI is InChI=1S/C16H19NO3S/c18-15(10-21-12-4-2-1-3-5-12)17-8-13(11-6-7-11)14(9-17)16(19)20/h1-5,11,13-14H,6-10H2,(H,19,20)/t13-,14+/m1/s1. The SMILES string of the molecule is O=C(O)[C@H]1CN(C(=O)CSc2ccccc2)C[C@@H]1C1CC1. The second-order valence-corrected chi connectivity index (χ2v) is 6.90. The van der Waals surface area contributed by atoms with Gasteiger partial charge in [0.25, 0.3) is 0 Å². The normalized spacial score (nSPS) is 25.0. The number of carboxylic acids is 1. The molecule has 1 amide bonds. The molecule has 1 saturated carbocycles. The number of thioether (sulfide) groups is 1. The van der Waals surface area contributed by atoms with E-state index in [2.05, 4.69) is 0 Å². The van der Waals surface area contributed by atoms with Gasteiger partial charge in [-0.2, -0.15) is 0 Å². The summed E-state index contributed by atoms with van der Waals surface area (Å²) in [5.41, 5.74) is 0. The van der Waals surface area contributed by atoms with Crippen molar-refractivity contribution in [2.75, 3.05) is 18.8 Å². The van der Waals surface area contributed by atoms with Gasteiger partial charge in [0, 0.05) is 18.0 Å². The minimum absolute atomic E-state index is 0.0539. The molecule has 1 aromatic rings. The average Bonchev–Trinajstić information content (AvgIpc) is 3.24. The molecular weight excluding hydrogens is 286 g/mol. The second-order valence-electron chi connectivity index (χ2n) is 5.85. The van der Waals surface area contributed by atoms with E-state index in [9.17, 15) is 14.7 Å². The fourth-order valence-electron chi connectivity index (χ4n) is 3.05. The Morgan fingerprint density at radius 1 is 1.19 bits per heavy atom. The van der Waals surface area contributed by atoms with Crippen LogP contribution in [0.15, 0.2) is 35.2 Å². The van der Waals surface area contributed by atoms with Crippen LogP contribution in [-0.2, 0) is 9.59 Å². The Balaban J connectivity index is 1.56. The number of hydrogen-bond acceptors (Lipinski definition) is 3. The Kier molecular flexibility index (Phi) is 4.19. The Morgan fingerprint density at radius 3 is 2.52 bits per heavy atom. The molecule has 5 heteroatoms. The molecule has 0 aromatic heterocycles. The molecule has 0 bridgehead atoms. The molecule has 4 nitrogen and oxygen atoms in total. The van der Waals surface area contributed by atoms with E-state index >= 15 is 0 Å². The highest BCUT2D eigenvalue weighted by Crippen LogP contribution is 2.44. The Bertz CT molecular complexity index is 530. The molecule has 2 aliphatic rings. The summed E-state index contributed by atoms with van der Waals surface area (Å²) in [6.07, 6.45) is 2.24. The molecule has 1 aliphatic heterocycles. The van der Waals surface area contributed by atoms with Gasteiger partial charge in [0.15, 0.2) is 0 Å². The Labute approximate surface area is 128 Å². The van der Waals surface area contributed by atoms with Gasteiger partial charge >= 0.3 is 5.97 Å². The predicted octanol–water partition coefficient (Wildman–Crippen LogP) is 2.35. The first-order valence-corrected chi connectivity index (χ1v) is 8.32. The van der Waals surface area contributed by atoms with Crippen LogP contribution in [0.2, 0.25) is 0 Å². The van der Waals surface area contributed by atoms with E-state index in [0.29, 0.717) is 24.8 Å². The molecule has 1 aromatic carbocycles. The van der Waals surface area contributed by atoms with Crippen molar-refractivity contribution in [3.63, 3.8) is 0 Å². The van der Waals surface area contributed by atoms with Crippen molar-refractivity contribution < 1.29 is 14.7 Å². The van der Waals surface area contributed by atoms with Crippen molar-refractivity contribution >= 4 is 23.6 Å². The van der Waals surface area contributed by atoms with E-state index in [0.717, 1.165) is 17.7 Å². The highest BCUT2D eigenvalue weighted by molar-refractivity contribution is 8.00. The van der Waals surface area contributed by atoms with Crippen molar-refractivity contribution in [1.82, 2.24) is 4.90 Å². The van der Waals surface area contributed by atoms with Gasteiger partial charge in [0.2, 0.25) is 5.91 Å². The molecular formula is C16H19NO3S. The van der Waals surface area contributed by atoms with Gasteiger partial charge in [-0.3, -0.25) is 9.59 Å². The number of benzene rings is 1. The van der Waals surface area contributed by atoms with Crippen LogP contribution in [0.4, 0.5) is 0 Å². The number of carboxylic acid groups (broad SMARTS) is 1. The van der Waals surface area contributed by atoms with Crippen molar-refractivity contribution in [2.24, 2.45) is 17.8 Å². The summed E-state index contributed by atoms with van der Waals surface area (Å²) < 4.78 is 0. The van der Waals surface area contributed by atoms with Gasteiger partial charge in [-0.05, 0) is 36.8 Å². The third-order valence-electron chi connectivity index (χ3n) is 4.37. The number of hydrogen-bond donors (Lipinski definition) is 1. The van der Waals surface area contributed by atoms with Gasteiger partial charge in [-0.15, -0.1) is 11.8 Å². The number of nitrogens with zero attached hydrogens (tertiary/aromatic N) is 1. The number of amides is 1. The molecule has 2 fully saturated rings. The smallest absolute Gasteiger partial charge is 0.308 e. The van der Waals surface area contributed by atoms with Crippen LogP contribution in [0.1, 0.15) is 12.8 Å². The lowest BCUT2D eigenvalue weighted by Crippen LogP contribution is -2.31. The van der Waals surface area contributed by atoms with Gasteiger partial charge in [-0.25, -0.2) is 0 Å². The number of carbonyl (C=O) groups is 2. The Morgan fingerprint density at radius 2 is 1.90 bits per heavy atom. The van der Waals surface area contributed by atoms with Crippen molar-refractivity contribution in [1.29, 1.82) is 0 Å². The van der Waals surface area contributed by atoms with E-state index in [1.807, 2.05) is 30.3 Å². The number of likely N-dealkylation sites (tertiary alicyclic amines) is 1. The summed E-state index contributed by atoms with van der Waals surface area (Å²) in [6, 6.07) is 9.81. The summed E-state index contributed by atoms with van der Waals surface area (Å²) >= 11 is 1.51. The van der Waals surface area contributed by atoms with E-state index in [1.54, 1.807) is 4.90 Å². The molecule has 0 radical (unpaired) electrons. The predicted molar refractivity (Wildman–Crippen MR) is 81.1 cm³/mol. The first-order chi connectivity index (χ1) is 10.1. The van der Waals surface area contributed by atoms with Crippen LogP contribution in [-0.4, -0.2) is 40.7 Å². The zero-order chi connectivity index (χ0) is 14.8. The lowest BCUT2D eigenvalue weighted by Gasteiger charge is -2.16. The maximum absolute atomic E-state index is 12.3. The lowest BCUT2D eigenvalue weighted by atomic mass is 9.92. The van der Waals surface area contributed by atoms with E-state index in [-0.39, 0.29) is 17.7 Å². The van der Waals surface area contributed by atoms with Crippen LogP contribution in [0.5, 0.6) is 0 Å². The summed E-state index contributed by atoms with van der Waals surface area (Å²) in [4.78, 5) is 26.5. The molecule has 1 heterocycles. The zero-order valence-electron chi connectivity index (χ0n) is 11.8. The molecule has 0 spiro atoms. The number of aliphatic carboxylic acids is 1. The fraction of sp³-hybridized carbons (Fsp3) is 0.500. The molecule has 1 N–H and O–H groups in total. The summed E-state index contributed by atoms with van der Waals surface area (Å²) in [5, 5.41) is 9.32. The fourth-order valence-corrected chi connectivity index (χ4v) is 3.87. The van der Waals surface area contributed by atoms with Crippen LogP contribution >= 0.6 is 11.8 Å². The summed E-state index contributed by atoms with van der Waals surface area (Å²) in [7, 11) is 0. The zero-order valence-corrected chi connectivity index (χ0v) is 12.6. The maximum atomic E-state index is 12.3. The van der Waals surface area contributed by atoms with Crippen LogP contribution in [0, 0.1) is 17.8 Å². The lowest BCUT2D eigenvalue weighted by molar-refractivity contribution is -0.142. The van der Waals surface area contributed by atoms with E-state index in [4.69, 9.17) is 0 Å². The number of carbonyl (C=O) groups excluding carboxylic acids is 1. The average molecular weight is 305 g/mol. The summed E-state index contributed by atoms with van der Waals surface area (Å²) in [6.45, 7) is 1.00. The number of rotatable bonds is 5. The third kappa shape index (κ3) is 3.40. The van der Waals surface area contributed by atoms with Gasteiger partial charge in [0.05, 0.1) is 11.7 Å². The molecule has 1 aliphatic carbocycles. The van der Waals surface area contributed by atoms with Gasteiger partial charge in [0.1, 0.15) is 0 Å². The van der Waals surface area contributed by atoms with Crippen molar-refractivity contribution in [3.05, 3.63) is 30.3 Å². The third-order valence-corrected chi connectivity index (χ3v) is 5.36. The first-order valence-electron chi connectivity index (χ1n) is 7.33. The molecule has 21 heavy (non-hydrogen) atoms. The highest BCUT2D eigenvalue weighted by atomic mass is 32.2. The van der Waals surface area contributed by atoms with E-state index < -0.39 is 5.97 Å². The maximum Gasteiger partial charge on any atom is 0.308 e. The highest BCUT2D eigenvalue weighted by Gasteiger charge is 2.46. The van der Waals surface area contributed by atoms with Gasteiger partial charge < -0.3 is 10.0 Å². The topological polar surface area (TPSA) is 57.6 Å². The quantitative estimate of drug-likeness (QED) is 0.848. The monoisotopic (exact) mass is 305 g/mol. The van der Waals surface area contributed by atoms with E-state index in [1.165, 1.54) is 11.8 Å². The Hall–Kier alpha value is -1.49. The van der Waals surface area contributed by atoms with Crippen molar-refractivity contribution in [3.8, 4) is 0 Å². The summed E-state index contributed by atoms with van der Waals surface area (Å²) in [5.74, 6) is -0.00788. The molecule has 3 rings (SSSR count). The minimum Gasteiger partial charge on any atom is -0.481 e. The van der Waals surface area contributed by atoms with Gasteiger partial charge in [-0.1, -0.05) is 18.2 Å². The van der Waals surface area contributed by atoms with Crippen LogP contribution < -0.4 is 0 Å². The molecule has 0 unspecified atom stereocenters.